The van der Waals surface area contributed by atoms with Crippen LogP contribution in [0.15, 0.2) is 95.5 Å². The van der Waals surface area contributed by atoms with E-state index in [0.717, 1.165) is 16.0 Å². The van der Waals surface area contributed by atoms with E-state index in [9.17, 15) is 9.00 Å². The summed E-state index contributed by atoms with van der Waals surface area (Å²) in [6, 6.07) is 24.1. The van der Waals surface area contributed by atoms with Crippen LogP contribution < -0.4 is 15.4 Å². The first-order chi connectivity index (χ1) is 15.2. The lowest BCUT2D eigenvalue weighted by molar-refractivity contribution is 0.252. The van der Waals surface area contributed by atoms with Gasteiger partial charge in [-0.15, -0.1) is 11.3 Å². The first-order valence-corrected chi connectivity index (χ1v) is 11.6. The van der Waals surface area contributed by atoms with Crippen molar-refractivity contribution in [1.82, 2.24) is 10.3 Å². The molecule has 0 aliphatic carbocycles. The van der Waals surface area contributed by atoms with Gasteiger partial charge < -0.3 is 10.6 Å². The van der Waals surface area contributed by atoms with Gasteiger partial charge in [0.1, 0.15) is 0 Å². The van der Waals surface area contributed by atoms with Crippen molar-refractivity contribution in [1.29, 1.82) is 0 Å². The molecule has 3 N–H and O–H groups in total. The molecule has 0 fully saturated rings. The van der Waals surface area contributed by atoms with E-state index < -0.39 is 11.0 Å². The number of hydrogen-bond donors (Lipinski definition) is 3. The number of nitrogens with zero attached hydrogens (tertiary/aromatic N) is 1. The van der Waals surface area contributed by atoms with Gasteiger partial charge >= 0.3 is 6.03 Å². The number of anilines is 2. The van der Waals surface area contributed by atoms with E-state index >= 15 is 0 Å². The molecule has 2 aromatic heterocycles. The molecule has 31 heavy (non-hydrogen) atoms. The molecule has 1 unspecified atom stereocenters. The van der Waals surface area contributed by atoms with Crippen LogP contribution >= 0.6 is 11.3 Å². The number of carbonyl (C=O) groups excluding carboxylic acids is 1. The largest absolute Gasteiger partial charge is 0.333 e. The van der Waals surface area contributed by atoms with E-state index in [1.165, 1.54) is 0 Å². The lowest BCUT2D eigenvalue weighted by Gasteiger charge is -2.11. The molecular weight excluding hydrogens is 428 g/mol. The molecule has 0 saturated carbocycles. The molecule has 1 atom stereocenters. The van der Waals surface area contributed by atoms with Crippen LogP contribution in [-0.4, -0.2) is 15.2 Å². The fourth-order valence-electron chi connectivity index (χ4n) is 2.91. The summed E-state index contributed by atoms with van der Waals surface area (Å²) in [6.07, 6.45) is 1.63. The second kappa shape index (κ2) is 10.0. The number of aromatic nitrogens is 1. The Balaban J connectivity index is 1.38. The molecule has 6 nitrogen and oxygen atoms in total. The topological polar surface area (TPSA) is 83.1 Å². The molecule has 2 heterocycles. The molecule has 0 bridgehead atoms. The van der Waals surface area contributed by atoms with Gasteiger partial charge in [0.15, 0.2) is 16.0 Å². The smallest absolute Gasteiger partial charge is 0.319 e. The fourth-order valence-corrected chi connectivity index (χ4v) is 4.54. The summed E-state index contributed by atoms with van der Waals surface area (Å²) >= 11 is 1.59. The van der Waals surface area contributed by atoms with E-state index in [2.05, 4.69) is 20.3 Å². The van der Waals surface area contributed by atoms with Crippen LogP contribution in [0.4, 0.5) is 16.2 Å². The Morgan fingerprint density at radius 2 is 1.68 bits per heavy atom. The Kier molecular flexibility index (Phi) is 6.71. The summed E-state index contributed by atoms with van der Waals surface area (Å²) in [4.78, 5) is 17.4. The average molecular weight is 449 g/mol. The predicted octanol–water partition coefficient (Wildman–Crippen LogP) is 5.27. The number of benzene rings is 2. The maximum absolute atomic E-state index is 12.9. The van der Waals surface area contributed by atoms with Crippen LogP contribution in [0.2, 0.25) is 0 Å². The minimum absolute atomic E-state index is 0.279. The lowest BCUT2D eigenvalue weighted by atomic mass is 10.1. The molecule has 0 aliphatic heterocycles. The summed E-state index contributed by atoms with van der Waals surface area (Å²) in [5.41, 5.74) is 3.07. The van der Waals surface area contributed by atoms with E-state index in [-0.39, 0.29) is 6.03 Å². The molecule has 8 heteroatoms. The SMILES string of the molecule is O=C(NCc1cccs1)Nc1ccc(NS(=O)c2ncccc2-c2ccccc2)cc1. The van der Waals surface area contributed by atoms with E-state index in [1.807, 2.05) is 60.0 Å². The van der Waals surface area contributed by atoms with Gasteiger partial charge in [-0.25, -0.2) is 14.0 Å². The van der Waals surface area contributed by atoms with Crippen molar-refractivity contribution in [3.63, 3.8) is 0 Å². The summed E-state index contributed by atoms with van der Waals surface area (Å²) in [7, 11) is -1.54. The average Bonchev–Trinajstić information content (AvgIpc) is 3.33. The Morgan fingerprint density at radius 3 is 2.42 bits per heavy atom. The Hall–Kier alpha value is -3.49. The van der Waals surface area contributed by atoms with Crippen LogP contribution in [0.25, 0.3) is 11.1 Å². The molecule has 4 rings (SSSR count). The Labute approximate surface area is 187 Å². The van der Waals surface area contributed by atoms with Crippen LogP contribution in [-0.2, 0) is 17.5 Å². The highest BCUT2D eigenvalue weighted by atomic mass is 32.2. The molecule has 0 saturated heterocycles. The second-order valence-corrected chi connectivity index (χ2v) is 8.72. The molecule has 2 amide bonds. The molecule has 0 spiro atoms. The minimum atomic E-state index is -1.54. The number of rotatable bonds is 7. The minimum Gasteiger partial charge on any atom is -0.333 e. The zero-order valence-corrected chi connectivity index (χ0v) is 18.1. The number of pyridine rings is 1. The third-order valence-corrected chi connectivity index (χ3v) is 6.36. The first-order valence-electron chi connectivity index (χ1n) is 9.55. The molecule has 2 aromatic carbocycles. The number of amides is 2. The number of carbonyl (C=O) groups is 1. The van der Waals surface area contributed by atoms with Crippen LogP contribution in [0.3, 0.4) is 0 Å². The Bertz CT molecular complexity index is 1160. The van der Waals surface area contributed by atoms with E-state index in [0.29, 0.717) is 22.9 Å². The van der Waals surface area contributed by atoms with Crippen molar-refractivity contribution in [3.05, 3.63) is 95.3 Å². The highest BCUT2D eigenvalue weighted by molar-refractivity contribution is 7.86. The quantitative estimate of drug-likeness (QED) is 0.360. The van der Waals surface area contributed by atoms with Gasteiger partial charge in [-0.1, -0.05) is 36.4 Å². The highest BCUT2D eigenvalue weighted by Gasteiger charge is 2.13. The van der Waals surface area contributed by atoms with Crippen LogP contribution in [0.5, 0.6) is 0 Å². The van der Waals surface area contributed by atoms with Crippen molar-refractivity contribution >= 4 is 39.7 Å². The van der Waals surface area contributed by atoms with Gasteiger partial charge in [-0.2, -0.15) is 0 Å². The van der Waals surface area contributed by atoms with Gasteiger partial charge in [-0.3, -0.25) is 4.72 Å². The van der Waals surface area contributed by atoms with Crippen molar-refractivity contribution in [2.45, 2.75) is 11.6 Å². The summed E-state index contributed by atoms with van der Waals surface area (Å²) in [5.74, 6) is 0. The summed E-state index contributed by atoms with van der Waals surface area (Å²) < 4.78 is 15.9. The van der Waals surface area contributed by atoms with Gasteiger partial charge in [0.25, 0.3) is 0 Å². The van der Waals surface area contributed by atoms with Crippen LogP contribution in [0.1, 0.15) is 4.88 Å². The van der Waals surface area contributed by atoms with Gasteiger partial charge in [0.05, 0.1) is 6.54 Å². The third kappa shape index (κ3) is 5.56. The monoisotopic (exact) mass is 448 g/mol. The lowest BCUT2D eigenvalue weighted by Crippen LogP contribution is -2.27. The Morgan fingerprint density at radius 1 is 0.903 bits per heavy atom. The van der Waals surface area contributed by atoms with Gasteiger partial charge in [0, 0.05) is 28.0 Å². The number of nitrogens with one attached hydrogen (secondary N) is 3. The van der Waals surface area contributed by atoms with Gasteiger partial charge in [-0.05, 0) is 53.4 Å². The standard InChI is InChI=1S/C23H20N4O2S2/c28-23(25-16-20-8-5-15-30-20)26-18-10-12-19(13-11-18)27-31(29)22-21(9-4-14-24-22)17-6-2-1-3-7-17/h1-15,27H,16H2,(H2,25,26,28). The van der Waals surface area contributed by atoms with Gasteiger partial charge in [0.2, 0.25) is 0 Å². The zero-order chi connectivity index (χ0) is 21.5. The molecule has 156 valence electrons. The second-order valence-electron chi connectivity index (χ2n) is 6.56. The summed E-state index contributed by atoms with van der Waals surface area (Å²) in [5, 5.41) is 8.03. The number of thiophene rings is 1. The molecule has 4 aromatic rings. The highest BCUT2D eigenvalue weighted by Crippen LogP contribution is 2.25. The van der Waals surface area contributed by atoms with E-state index in [4.69, 9.17) is 0 Å². The first kappa shape index (κ1) is 20.8. The normalized spacial score (nSPS) is 11.5. The van der Waals surface area contributed by atoms with Crippen molar-refractivity contribution in [2.75, 3.05) is 10.0 Å². The molecule has 0 radical (unpaired) electrons. The maximum atomic E-state index is 12.9. The molecule has 0 aliphatic rings. The van der Waals surface area contributed by atoms with E-state index in [1.54, 1.807) is 41.8 Å². The fraction of sp³-hybridized carbons (Fsp3) is 0.0435. The van der Waals surface area contributed by atoms with Crippen molar-refractivity contribution < 1.29 is 9.00 Å². The zero-order valence-electron chi connectivity index (χ0n) is 16.4. The number of hydrogen-bond acceptors (Lipinski definition) is 4. The van der Waals surface area contributed by atoms with Crippen molar-refractivity contribution in [2.24, 2.45) is 0 Å². The maximum Gasteiger partial charge on any atom is 0.319 e. The third-order valence-electron chi connectivity index (χ3n) is 4.39. The summed E-state index contributed by atoms with van der Waals surface area (Å²) in [6.45, 7) is 0.482. The molecular formula is C23H20N4O2S2. The van der Waals surface area contributed by atoms with Crippen molar-refractivity contribution in [3.8, 4) is 11.1 Å². The number of urea groups is 1. The predicted molar refractivity (Wildman–Crippen MR) is 126 cm³/mol. The van der Waals surface area contributed by atoms with Crippen LogP contribution in [0, 0.1) is 0 Å².